The van der Waals surface area contributed by atoms with Crippen molar-refractivity contribution in [1.29, 1.82) is 0 Å². The van der Waals surface area contributed by atoms with Crippen molar-refractivity contribution in [3.05, 3.63) is 23.8 Å². The molecule has 6 rings (SSSR count). The molecule has 0 aromatic heterocycles. The van der Waals surface area contributed by atoms with E-state index in [1.165, 1.54) is 0 Å². The molecule has 11 heteroatoms. The Morgan fingerprint density at radius 3 is 2.30 bits per heavy atom. The number of esters is 1. The molecular formula is C39H60O11. The van der Waals surface area contributed by atoms with Crippen LogP contribution in [0.4, 0.5) is 0 Å². The van der Waals surface area contributed by atoms with E-state index >= 15 is 0 Å². The molecule has 0 amide bonds. The van der Waals surface area contributed by atoms with Crippen molar-refractivity contribution in [2.45, 2.75) is 153 Å². The van der Waals surface area contributed by atoms with Gasteiger partial charge in [-0.2, -0.15) is 0 Å². The standard InChI is InChI=1S/C39H60O11/c1-8-24-10-9-11-32(50-34-15-14-31(40)21(3)46-34)20(2)35(42)30-18-28-26(29(30)19-33(41)48-24)13-12-23-16-25(17-27(23)28)49-39-38(45-7)37(44-6)36(43-5)22(4)47-39/h12-13,18,20-29,31-32,34,36-40H,8-11,14-17,19H2,1-7H3/t20-,21-,22+,23-,24+,25-,26-,27-,28-,29+,31+,32+,34+,36+,37-,38-,39+/m1/s1. The molecule has 6 aliphatic rings. The summed E-state index contributed by atoms with van der Waals surface area (Å²) in [6, 6.07) is 0. The quantitative estimate of drug-likeness (QED) is 0.273. The van der Waals surface area contributed by atoms with E-state index in [-0.39, 0.29) is 90.5 Å². The van der Waals surface area contributed by atoms with Crippen molar-refractivity contribution < 1.29 is 52.6 Å². The highest BCUT2D eigenvalue weighted by Gasteiger charge is 2.52. The van der Waals surface area contributed by atoms with Crippen LogP contribution in [0.25, 0.3) is 0 Å². The first-order valence-corrected chi connectivity index (χ1v) is 19.1. The first-order chi connectivity index (χ1) is 24.1. The summed E-state index contributed by atoms with van der Waals surface area (Å²) in [5.74, 6) is -0.184. The molecule has 0 aromatic rings. The summed E-state index contributed by atoms with van der Waals surface area (Å²) in [6.07, 6.45) is 8.82. The molecule has 4 fully saturated rings. The predicted molar refractivity (Wildman–Crippen MR) is 183 cm³/mol. The number of hydrogen-bond acceptors (Lipinski definition) is 11. The summed E-state index contributed by atoms with van der Waals surface area (Å²) < 4.78 is 48.9. The fourth-order valence-electron chi connectivity index (χ4n) is 9.72. The minimum Gasteiger partial charge on any atom is -0.462 e. The van der Waals surface area contributed by atoms with Gasteiger partial charge >= 0.3 is 5.97 Å². The van der Waals surface area contributed by atoms with Crippen LogP contribution in [0.15, 0.2) is 23.8 Å². The highest BCUT2D eigenvalue weighted by molar-refractivity contribution is 5.99. The van der Waals surface area contributed by atoms with Gasteiger partial charge in [0.2, 0.25) is 0 Å². The van der Waals surface area contributed by atoms with E-state index in [0.717, 1.165) is 37.7 Å². The molecule has 1 N–H and O–H groups in total. The molecule has 0 spiro atoms. The van der Waals surface area contributed by atoms with Crippen LogP contribution < -0.4 is 0 Å². The lowest BCUT2D eigenvalue weighted by Gasteiger charge is -2.44. The third-order valence-electron chi connectivity index (χ3n) is 12.6. The molecule has 282 valence electrons. The van der Waals surface area contributed by atoms with Gasteiger partial charge < -0.3 is 43.0 Å². The summed E-state index contributed by atoms with van der Waals surface area (Å²) in [5, 5.41) is 10.2. The zero-order chi connectivity index (χ0) is 35.7. The van der Waals surface area contributed by atoms with Gasteiger partial charge in [-0.1, -0.05) is 32.1 Å². The minimum absolute atomic E-state index is 0.0260. The van der Waals surface area contributed by atoms with Gasteiger partial charge in [0.05, 0.1) is 36.9 Å². The Labute approximate surface area is 297 Å². The summed E-state index contributed by atoms with van der Waals surface area (Å²) >= 11 is 0. The van der Waals surface area contributed by atoms with Gasteiger partial charge in [0.15, 0.2) is 18.4 Å². The monoisotopic (exact) mass is 704 g/mol. The number of allylic oxidation sites excluding steroid dienone is 4. The zero-order valence-electron chi connectivity index (χ0n) is 30.9. The summed E-state index contributed by atoms with van der Waals surface area (Å²) in [4.78, 5) is 28.0. The summed E-state index contributed by atoms with van der Waals surface area (Å²) in [5.41, 5.74) is 0.729. The Morgan fingerprint density at radius 1 is 0.840 bits per heavy atom. The maximum Gasteiger partial charge on any atom is 0.306 e. The van der Waals surface area contributed by atoms with Gasteiger partial charge in [0.1, 0.15) is 24.4 Å². The van der Waals surface area contributed by atoms with Gasteiger partial charge in [-0.3, -0.25) is 9.59 Å². The van der Waals surface area contributed by atoms with Crippen molar-refractivity contribution in [3.63, 3.8) is 0 Å². The molecule has 11 nitrogen and oxygen atoms in total. The van der Waals surface area contributed by atoms with E-state index < -0.39 is 30.7 Å². The average Bonchev–Trinajstić information content (AvgIpc) is 3.68. The maximum absolute atomic E-state index is 14.5. The largest absolute Gasteiger partial charge is 0.462 e. The second-order valence-corrected chi connectivity index (χ2v) is 15.5. The van der Waals surface area contributed by atoms with Crippen molar-refractivity contribution >= 4 is 11.8 Å². The van der Waals surface area contributed by atoms with Crippen LogP contribution in [-0.2, 0) is 47.5 Å². The van der Waals surface area contributed by atoms with Crippen LogP contribution in [0.3, 0.4) is 0 Å². The Morgan fingerprint density at radius 2 is 1.60 bits per heavy atom. The number of hydrogen-bond donors (Lipinski definition) is 1. The molecule has 3 saturated heterocycles. The van der Waals surface area contributed by atoms with Crippen LogP contribution in [0.1, 0.15) is 85.5 Å². The molecule has 0 bridgehead atoms. The van der Waals surface area contributed by atoms with Crippen LogP contribution in [-0.4, -0.2) is 106 Å². The lowest BCUT2D eigenvalue weighted by Crippen LogP contribution is -2.59. The lowest BCUT2D eigenvalue weighted by atomic mass is 9.70. The van der Waals surface area contributed by atoms with Gasteiger partial charge in [-0.25, -0.2) is 0 Å². The van der Waals surface area contributed by atoms with Crippen molar-refractivity contribution in [1.82, 2.24) is 0 Å². The topological polar surface area (TPSA) is 128 Å². The molecule has 1 saturated carbocycles. The van der Waals surface area contributed by atoms with E-state index in [1.807, 2.05) is 27.7 Å². The number of ether oxygens (including phenoxy) is 8. The van der Waals surface area contributed by atoms with Crippen LogP contribution in [0, 0.1) is 35.5 Å². The number of aliphatic hydroxyl groups excluding tert-OH is 1. The summed E-state index contributed by atoms with van der Waals surface area (Å²) in [6.45, 7) is 7.83. The van der Waals surface area contributed by atoms with Crippen molar-refractivity contribution in [2.75, 3.05) is 21.3 Å². The molecule has 3 aliphatic heterocycles. The lowest BCUT2D eigenvalue weighted by molar-refractivity contribution is -0.314. The Balaban J connectivity index is 1.21. The molecule has 0 unspecified atom stereocenters. The molecule has 0 radical (unpaired) electrons. The smallest absolute Gasteiger partial charge is 0.306 e. The number of Topliss-reactive ketones (excluding diaryl/α,β-unsaturated/α-hetero) is 1. The van der Waals surface area contributed by atoms with Crippen molar-refractivity contribution in [2.24, 2.45) is 35.5 Å². The number of aliphatic hydroxyl groups is 1. The Hall–Kier alpha value is -1.70. The average molecular weight is 705 g/mol. The number of fused-ring (bicyclic) bond motifs is 5. The zero-order valence-corrected chi connectivity index (χ0v) is 30.9. The van der Waals surface area contributed by atoms with E-state index in [9.17, 15) is 14.7 Å². The minimum atomic E-state index is -0.603. The number of rotatable bonds is 8. The SMILES string of the molecule is CC[C@H]1CCC[C@H](O[C@H]2CC[C@H](O)[C@@H](C)O2)[C@@H](C)C(=O)C2=C[C@@H]3[C@@H](C=C[C@@H]4C[C@@H](O[C@@H]5O[C@@H](C)[C@H](OC)[C@@H](OC)[C@H]5OC)C[C@@H]34)[C@@H]2CC(=O)O1. The number of carbonyl (C=O) groups excluding carboxylic acids is 2. The highest BCUT2D eigenvalue weighted by Crippen LogP contribution is 2.54. The van der Waals surface area contributed by atoms with Gasteiger partial charge in [0, 0.05) is 39.6 Å². The van der Waals surface area contributed by atoms with Crippen LogP contribution >= 0.6 is 0 Å². The first kappa shape index (κ1) is 38.0. The normalized spacial score (nSPS) is 47.0. The first-order valence-electron chi connectivity index (χ1n) is 19.1. The van der Waals surface area contributed by atoms with Crippen LogP contribution in [0.2, 0.25) is 0 Å². The van der Waals surface area contributed by atoms with Gasteiger partial charge in [-0.15, -0.1) is 0 Å². The number of methoxy groups -OCH3 is 3. The van der Waals surface area contributed by atoms with Gasteiger partial charge in [0.25, 0.3) is 0 Å². The van der Waals surface area contributed by atoms with E-state index in [4.69, 9.17) is 37.9 Å². The Kier molecular flexibility index (Phi) is 12.6. The van der Waals surface area contributed by atoms with Gasteiger partial charge in [-0.05, 0) is 88.0 Å². The molecule has 50 heavy (non-hydrogen) atoms. The molecule has 0 aromatic carbocycles. The predicted octanol–water partition coefficient (Wildman–Crippen LogP) is 4.92. The molecular weight excluding hydrogens is 644 g/mol. The number of carbonyl (C=O) groups is 2. The Bertz CT molecular complexity index is 1240. The second-order valence-electron chi connectivity index (χ2n) is 15.5. The fraction of sp³-hybridized carbons (Fsp3) is 0.846. The third-order valence-corrected chi connectivity index (χ3v) is 12.6. The van der Waals surface area contributed by atoms with Crippen molar-refractivity contribution in [3.8, 4) is 0 Å². The number of ketones is 1. The van der Waals surface area contributed by atoms with E-state index in [1.54, 1.807) is 21.3 Å². The molecule has 3 aliphatic carbocycles. The third kappa shape index (κ3) is 7.81. The van der Waals surface area contributed by atoms with E-state index in [2.05, 4.69) is 18.2 Å². The fourth-order valence-corrected chi connectivity index (χ4v) is 9.72. The molecule has 3 heterocycles. The molecule has 17 atom stereocenters. The van der Waals surface area contributed by atoms with Crippen LogP contribution in [0.5, 0.6) is 0 Å². The second kappa shape index (κ2) is 16.5. The van der Waals surface area contributed by atoms with E-state index in [0.29, 0.717) is 19.3 Å². The number of cyclic esters (lactones) is 1. The maximum atomic E-state index is 14.5. The summed E-state index contributed by atoms with van der Waals surface area (Å²) in [7, 11) is 4.95. The highest BCUT2D eigenvalue weighted by atomic mass is 16.7.